The Balaban J connectivity index is -0.000000143. The number of carbonyl (C=O) groups excluding carboxylic acids is 2. The van der Waals surface area contributed by atoms with Crippen LogP contribution in [0.15, 0.2) is 25.3 Å². The van der Waals surface area contributed by atoms with Crippen LogP contribution in [-0.2, 0) is 9.59 Å². The Morgan fingerprint density at radius 1 is 1.00 bits per heavy atom. The molecule has 0 spiro atoms. The molecule has 0 heterocycles. The van der Waals surface area contributed by atoms with Crippen molar-refractivity contribution in [3.63, 3.8) is 0 Å². The van der Waals surface area contributed by atoms with Crippen molar-refractivity contribution >= 4 is 35.0 Å². The van der Waals surface area contributed by atoms with Crippen LogP contribution in [-0.4, -0.2) is 35.0 Å². The fourth-order valence-corrected chi connectivity index (χ4v) is 0.236. The number of hydrogen-bond donors (Lipinski definition) is 0. The largest absolute Gasteiger partial charge is 2.00 e. The summed E-state index contributed by atoms with van der Waals surface area (Å²) in [5.74, 6) is -2.16. The fourth-order valence-electron chi connectivity index (χ4n) is 0.236. The third-order valence-electron chi connectivity index (χ3n) is 0.622. The van der Waals surface area contributed by atoms with Crippen LogP contribution in [0.1, 0.15) is 12.8 Å². The first-order chi connectivity index (χ1) is 5.54. The molecule has 5 heteroatoms. The average Bonchev–Trinajstić information content (AvgIpc) is 1.87. The van der Waals surface area contributed by atoms with Crippen molar-refractivity contribution in [3.8, 4) is 0 Å². The molecule has 0 unspecified atom stereocenters. The van der Waals surface area contributed by atoms with Crippen LogP contribution >= 0.6 is 0 Å². The first kappa shape index (κ1) is 18.1. The summed E-state index contributed by atoms with van der Waals surface area (Å²) in [5.41, 5.74) is 0. The molecule has 0 aromatic rings. The number of rotatable bonds is 4. The molecule has 68 valence electrons. The molecule has 0 aliphatic heterocycles. The molecule has 0 bridgehead atoms. The fraction of sp³-hybridized carbons (Fsp3) is 0.250. The third-order valence-corrected chi connectivity index (χ3v) is 0.622. The maximum absolute atomic E-state index is 9.42. The van der Waals surface area contributed by atoms with Gasteiger partial charge in [0, 0.05) is 24.8 Å². The van der Waals surface area contributed by atoms with E-state index < -0.39 is 11.9 Å². The molecule has 0 fully saturated rings. The SMILES string of the molecule is C=CCC(=O)[O-].C=CCC(=O)[O-].[Mg+2]. The van der Waals surface area contributed by atoms with Crippen molar-refractivity contribution in [1.29, 1.82) is 0 Å². The summed E-state index contributed by atoms with van der Waals surface area (Å²) in [7, 11) is 0. The van der Waals surface area contributed by atoms with E-state index in [0.29, 0.717) is 0 Å². The third kappa shape index (κ3) is 35.1. The van der Waals surface area contributed by atoms with E-state index in [4.69, 9.17) is 0 Å². The molecule has 0 atom stereocenters. The van der Waals surface area contributed by atoms with E-state index in [9.17, 15) is 19.8 Å². The van der Waals surface area contributed by atoms with Crippen molar-refractivity contribution in [3.05, 3.63) is 25.3 Å². The summed E-state index contributed by atoms with van der Waals surface area (Å²) in [4.78, 5) is 18.8. The monoisotopic (exact) mass is 194 g/mol. The van der Waals surface area contributed by atoms with Gasteiger partial charge >= 0.3 is 23.1 Å². The molecule has 0 aliphatic carbocycles. The Labute approximate surface area is 93.1 Å². The van der Waals surface area contributed by atoms with Crippen molar-refractivity contribution in [2.75, 3.05) is 0 Å². The first-order valence-corrected chi connectivity index (χ1v) is 3.16. The summed E-state index contributed by atoms with van der Waals surface area (Å²) < 4.78 is 0. The van der Waals surface area contributed by atoms with Gasteiger partial charge in [-0.25, -0.2) is 0 Å². The van der Waals surface area contributed by atoms with Crippen LogP contribution < -0.4 is 10.2 Å². The predicted molar refractivity (Wildman–Crippen MR) is 45.4 cm³/mol. The van der Waals surface area contributed by atoms with Gasteiger partial charge in [0.1, 0.15) is 0 Å². The molecule has 0 aliphatic rings. The van der Waals surface area contributed by atoms with Crippen LogP contribution in [0.25, 0.3) is 0 Å². The van der Waals surface area contributed by atoms with Gasteiger partial charge < -0.3 is 19.8 Å². The van der Waals surface area contributed by atoms with E-state index in [-0.39, 0.29) is 35.9 Å². The Hall–Kier alpha value is -0.814. The second-order valence-electron chi connectivity index (χ2n) is 1.73. The quantitative estimate of drug-likeness (QED) is 0.392. The van der Waals surface area contributed by atoms with Crippen molar-refractivity contribution in [2.24, 2.45) is 0 Å². The van der Waals surface area contributed by atoms with Crippen LogP contribution in [0.3, 0.4) is 0 Å². The smallest absolute Gasteiger partial charge is 0.550 e. The zero-order valence-electron chi connectivity index (χ0n) is 7.32. The number of carboxylic acids is 2. The van der Waals surface area contributed by atoms with E-state index in [1.54, 1.807) is 0 Å². The van der Waals surface area contributed by atoms with Gasteiger partial charge in [-0.1, -0.05) is 12.2 Å². The first-order valence-electron chi connectivity index (χ1n) is 3.16. The number of carboxylic acid groups (broad SMARTS) is 2. The van der Waals surface area contributed by atoms with Gasteiger partial charge in [0.25, 0.3) is 0 Å². The van der Waals surface area contributed by atoms with Gasteiger partial charge in [0.05, 0.1) is 0 Å². The van der Waals surface area contributed by atoms with Gasteiger partial charge in [-0.3, -0.25) is 0 Å². The molecular weight excluding hydrogens is 184 g/mol. The maximum atomic E-state index is 9.42. The summed E-state index contributed by atoms with van der Waals surface area (Å²) in [5, 5.41) is 18.8. The summed E-state index contributed by atoms with van der Waals surface area (Å²) in [6, 6.07) is 0. The van der Waals surface area contributed by atoms with Crippen LogP contribution in [0.4, 0.5) is 0 Å². The van der Waals surface area contributed by atoms with Crippen molar-refractivity contribution in [1.82, 2.24) is 0 Å². The van der Waals surface area contributed by atoms with Crippen LogP contribution in [0.5, 0.6) is 0 Å². The zero-order chi connectivity index (χ0) is 9.98. The zero-order valence-corrected chi connectivity index (χ0v) is 8.74. The van der Waals surface area contributed by atoms with Crippen molar-refractivity contribution < 1.29 is 19.8 Å². The van der Waals surface area contributed by atoms with Gasteiger partial charge in [-0.2, -0.15) is 0 Å². The standard InChI is InChI=1S/2C4H6O2.Mg/c2*1-2-3-4(5)6;/h2*2H,1,3H2,(H,5,6);/q;;+2/p-2. The Kier molecular flexibility index (Phi) is 19.1. The topological polar surface area (TPSA) is 80.3 Å². The van der Waals surface area contributed by atoms with Crippen molar-refractivity contribution in [2.45, 2.75) is 12.8 Å². The number of carbonyl (C=O) groups is 2. The minimum atomic E-state index is -1.08. The minimum Gasteiger partial charge on any atom is -0.550 e. The maximum Gasteiger partial charge on any atom is 2.00 e. The normalized spacial score (nSPS) is 6.77. The molecule has 0 saturated heterocycles. The van der Waals surface area contributed by atoms with Gasteiger partial charge in [-0.05, 0) is 0 Å². The van der Waals surface area contributed by atoms with E-state index in [0.717, 1.165) is 0 Å². The van der Waals surface area contributed by atoms with E-state index in [1.807, 2.05) is 0 Å². The van der Waals surface area contributed by atoms with Gasteiger partial charge in [0.2, 0.25) is 0 Å². The molecular formula is C8H10MgO4. The molecule has 0 aromatic carbocycles. The Morgan fingerprint density at radius 3 is 1.23 bits per heavy atom. The predicted octanol–water partition coefficient (Wildman–Crippen LogP) is -1.76. The molecule has 0 radical (unpaired) electrons. The molecule has 0 amide bonds. The summed E-state index contributed by atoms with van der Waals surface area (Å²) in [6.45, 7) is 6.36. The van der Waals surface area contributed by atoms with Crippen LogP contribution in [0, 0.1) is 0 Å². The number of aliphatic carboxylic acids is 2. The van der Waals surface area contributed by atoms with Gasteiger partial charge in [-0.15, -0.1) is 13.2 Å². The second kappa shape index (κ2) is 13.8. The average molecular weight is 194 g/mol. The summed E-state index contributed by atoms with van der Waals surface area (Å²) >= 11 is 0. The number of hydrogen-bond acceptors (Lipinski definition) is 4. The Bertz CT molecular complexity index is 157. The van der Waals surface area contributed by atoms with Crippen LogP contribution in [0.2, 0.25) is 0 Å². The Morgan fingerprint density at radius 2 is 1.23 bits per heavy atom. The molecule has 0 saturated carbocycles. The summed E-state index contributed by atoms with van der Waals surface area (Å²) in [6.07, 6.45) is 2.46. The second-order valence-corrected chi connectivity index (χ2v) is 1.73. The minimum absolute atomic E-state index is 0. The molecule has 0 N–H and O–H groups in total. The molecule has 4 nitrogen and oxygen atoms in total. The molecule has 0 rings (SSSR count). The van der Waals surface area contributed by atoms with E-state index in [1.165, 1.54) is 12.2 Å². The van der Waals surface area contributed by atoms with E-state index in [2.05, 4.69) is 13.2 Å². The van der Waals surface area contributed by atoms with Gasteiger partial charge in [0.15, 0.2) is 0 Å². The molecule has 13 heavy (non-hydrogen) atoms. The van der Waals surface area contributed by atoms with E-state index >= 15 is 0 Å². The molecule has 0 aromatic heterocycles.